The molecule has 134 valence electrons. The predicted octanol–water partition coefficient (Wildman–Crippen LogP) is 3.79. The average molecular weight is 409 g/mol. The standard InChI is InChI=1S/C18H21BrN2O4/c1-3-21(4-2)11-12-24-18(23)13-5-7-14(8-6-13)20-17(22)15-9-10-16(19)25-15/h5-10H,3-4,11-12H2,1-2H3,(H,20,22). The van der Waals surface area contributed by atoms with Gasteiger partial charge in [0.25, 0.3) is 5.91 Å². The summed E-state index contributed by atoms with van der Waals surface area (Å²) < 4.78 is 10.9. The first-order valence-corrected chi connectivity index (χ1v) is 8.89. The van der Waals surface area contributed by atoms with E-state index in [4.69, 9.17) is 9.15 Å². The van der Waals surface area contributed by atoms with Crippen LogP contribution in [0.15, 0.2) is 45.5 Å². The quantitative estimate of drug-likeness (QED) is 0.672. The number of carbonyl (C=O) groups is 2. The highest BCUT2D eigenvalue weighted by Gasteiger charge is 2.12. The summed E-state index contributed by atoms with van der Waals surface area (Å²) in [4.78, 5) is 26.2. The maximum absolute atomic E-state index is 12.0. The van der Waals surface area contributed by atoms with Crippen LogP contribution in [-0.2, 0) is 4.74 Å². The molecule has 0 fully saturated rings. The van der Waals surface area contributed by atoms with E-state index < -0.39 is 0 Å². The van der Waals surface area contributed by atoms with E-state index in [2.05, 4.69) is 40.0 Å². The zero-order valence-corrected chi connectivity index (χ0v) is 15.8. The van der Waals surface area contributed by atoms with Gasteiger partial charge in [-0.3, -0.25) is 4.79 Å². The summed E-state index contributed by atoms with van der Waals surface area (Å²) in [7, 11) is 0. The summed E-state index contributed by atoms with van der Waals surface area (Å²) >= 11 is 3.15. The van der Waals surface area contributed by atoms with E-state index in [0.29, 0.717) is 29.1 Å². The molecule has 1 N–H and O–H groups in total. The minimum atomic E-state index is -0.375. The molecule has 25 heavy (non-hydrogen) atoms. The van der Waals surface area contributed by atoms with Gasteiger partial charge < -0.3 is 19.4 Å². The third-order valence-corrected chi connectivity index (χ3v) is 4.14. The Balaban J connectivity index is 1.86. The number of benzene rings is 1. The first-order valence-electron chi connectivity index (χ1n) is 8.09. The van der Waals surface area contributed by atoms with Crippen molar-refractivity contribution in [3.63, 3.8) is 0 Å². The topological polar surface area (TPSA) is 71.8 Å². The highest BCUT2D eigenvalue weighted by molar-refractivity contribution is 9.10. The number of nitrogens with zero attached hydrogens (tertiary/aromatic N) is 1. The molecule has 2 rings (SSSR count). The first-order chi connectivity index (χ1) is 12.0. The van der Waals surface area contributed by atoms with Crippen LogP contribution in [0.5, 0.6) is 0 Å². The van der Waals surface area contributed by atoms with Crippen molar-refractivity contribution in [3.8, 4) is 0 Å². The molecule has 0 bridgehead atoms. The molecule has 1 heterocycles. The zero-order chi connectivity index (χ0) is 18.2. The molecule has 7 heteroatoms. The highest BCUT2D eigenvalue weighted by Crippen LogP contribution is 2.16. The van der Waals surface area contributed by atoms with Gasteiger partial charge in [0.1, 0.15) is 6.61 Å². The fourth-order valence-electron chi connectivity index (χ4n) is 2.21. The van der Waals surface area contributed by atoms with Crippen molar-refractivity contribution in [3.05, 3.63) is 52.4 Å². The third kappa shape index (κ3) is 5.72. The minimum Gasteiger partial charge on any atom is -0.461 e. The molecule has 0 radical (unpaired) electrons. The van der Waals surface area contributed by atoms with Crippen LogP contribution in [0, 0.1) is 0 Å². The van der Waals surface area contributed by atoms with Crippen molar-refractivity contribution in [2.24, 2.45) is 0 Å². The van der Waals surface area contributed by atoms with E-state index in [1.54, 1.807) is 36.4 Å². The lowest BCUT2D eigenvalue weighted by atomic mass is 10.2. The van der Waals surface area contributed by atoms with Crippen LogP contribution in [0.2, 0.25) is 0 Å². The van der Waals surface area contributed by atoms with E-state index in [1.165, 1.54) is 0 Å². The molecule has 1 aromatic heterocycles. The SMILES string of the molecule is CCN(CC)CCOC(=O)c1ccc(NC(=O)c2ccc(Br)o2)cc1. The first kappa shape index (κ1) is 19.2. The molecule has 0 spiro atoms. The molecule has 0 aliphatic heterocycles. The van der Waals surface area contributed by atoms with Gasteiger partial charge in [-0.15, -0.1) is 0 Å². The Morgan fingerprint density at radius 2 is 1.80 bits per heavy atom. The molecular weight excluding hydrogens is 388 g/mol. The predicted molar refractivity (Wildman–Crippen MR) is 98.9 cm³/mol. The number of hydrogen-bond donors (Lipinski definition) is 1. The molecule has 0 saturated carbocycles. The highest BCUT2D eigenvalue weighted by atomic mass is 79.9. The Labute approximate surface area is 155 Å². The van der Waals surface area contributed by atoms with Crippen molar-refractivity contribution in [2.75, 3.05) is 31.6 Å². The Hall–Kier alpha value is -2.12. The van der Waals surface area contributed by atoms with Crippen LogP contribution >= 0.6 is 15.9 Å². The second-order valence-corrected chi connectivity index (χ2v) is 6.08. The van der Waals surface area contributed by atoms with Gasteiger partial charge in [0.2, 0.25) is 0 Å². The zero-order valence-electron chi connectivity index (χ0n) is 14.3. The summed E-state index contributed by atoms with van der Waals surface area (Å²) in [5, 5.41) is 2.70. The Bertz CT molecular complexity index is 708. The van der Waals surface area contributed by atoms with E-state index >= 15 is 0 Å². The van der Waals surface area contributed by atoms with Gasteiger partial charge in [0.15, 0.2) is 10.4 Å². The van der Waals surface area contributed by atoms with Crippen LogP contribution in [0.25, 0.3) is 0 Å². The molecule has 0 atom stereocenters. The summed E-state index contributed by atoms with van der Waals surface area (Å²) in [5.74, 6) is -0.535. The van der Waals surface area contributed by atoms with Crippen LogP contribution in [0.4, 0.5) is 5.69 Å². The third-order valence-electron chi connectivity index (χ3n) is 3.71. The van der Waals surface area contributed by atoms with Crippen molar-refractivity contribution in [2.45, 2.75) is 13.8 Å². The normalized spacial score (nSPS) is 10.7. The van der Waals surface area contributed by atoms with Gasteiger partial charge in [-0.25, -0.2) is 4.79 Å². The van der Waals surface area contributed by atoms with E-state index in [-0.39, 0.29) is 17.6 Å². The van der Waals surface area contributed by atoms with Crippen molar-refractivity contribution < 1.29 is 18.7 Å². The lowest BCUT2D eigenvalue weighted by molar-refractivity contribution is 0.0466. The number of carbonyl (C=O) groups excluding carboxylic acids is 2. The van der Waals surface area contributed by atoms with Gasteiger partial charge in [-0.1, -0.05) is 13.8 Å². The summed E-state index contributed by atoms with van der Waals surface area (Å²) in [6, 6.07) is 9.75. The van der Waals surface area contributed by atoms with Crippen LogP contribution in [0.3, 0.4) is 0 Å². The van der Waals surface area contributed by atoms with Gasteiger partial charge in [-0.2, -0.15) is 0 Å². The second-order valence-electron chi connectivity index (χ2n) is 5.30. The number of furan rings is 1. The Kier molecular flexibility index (Phi) is 7.21. The minimum absolute atomic E-state index is 0.201. The number of ether oxygens (including phenoxy) is 1. The lowest BCUT2D eigenvalue weighted by Crippen LogP contribution is -2.27. The number of anilines is 1. The van der Waals surface area contributed by atoms with Crippen molar-refractivity contribution >= 4 is 33.5 Å². The Morgan fingerprint density at radius 3 is 2.36 bits per heavy atom. The number of likely N-dealkylation sites (N-methyl/N-ethyl adjacent to an activating group) is 1. The number of rotatable bonds is 8. The maximum Gasteiger partial charge on any atom is 0.338 e. The monoisotopic (exact) mass is 408 g/mol. The molecule has 0 aliphatic carbocycles. The molecule has 1 amide bonds. The van der Waals surface area contributed by atoms with E-state index in [0.717, 1.165) is 13.1 Å². The fraction of sp³-hybridized carbons (Fsp3) is 0.333. The van der Waals surface area contributed by atoms with Crippen LogP contribution in [0.1, 0.15) is 34.8 Å². The number of amides is 1. The van der Waals surface area contributed by atoms with Gasteiger partial charge in [-0.05, 0) is 65.4 Å². The molecule has 0 aliphatic rings. The van der Waals surface area contributed by atoms with Crippen LogP contribution in [-0.4, -0.2) is 43.0 Å². The fourth-order valence-corrected chi connectivity index (χ4v) is 2.52. The van der Waals surface area contributed by atoms with Gasteiger partial charge in [0, 0.05) is 12.2 Å². The molecule has 6 nitrogen and oxygen atoms in total. The summed E-state index contributed by atoms with van der Waals surface area (Å²) in [6.45, 7) is 7.06. The number of esters is 1. The summed E-state index contributed by atoms with van der Waals surface area (Å²) in [5.41, 5.74) is 1.01. The van der Waals surface area contributed by atoms with E-state index in [1.807, 2.05) is 0 Å². The van der Waals surface area contributed by atoms with Gasteiger partial charge in [0.05, 0.1) is 5.56 Å². The molecule has 2 aromatic rings. The van der Waals surface area contributed by atoms with E-state index in [9.17, 15) is 9.59 Å². The molecular formula is C18H21BrN2O4. The number of hydrogen-bond acceptors (Lipinski definition) is 5. The maximum atomic E-state index is 12.0. The van der Waals surface area contributed by atoms with Crippen molar-refractivity contribution in [1.29, 1.82) is 0 Å². The van der Waals surface area contributed by atoms with Crippen molar-refractivity contribution in [1.82, 2.24) is 4.90 Å². The Morgan fingerprint density at radius 1 is 1.12 bits per heavy atom. The largest absolute Gasteiger partial charge is 0.461 e. The number of halogens is 1. The summed E-state index contributed by atoms with van der Waals surface area (Å²) in [6.07, 6.45) is 0. The van der Waals surface area contributed by atoms with Gasteiger partial charge >= 0.3 is 5.97 Å². The van der Waals surface area contributed by atoms with Crippen LogP contribution < -0.4 is 5.32 Å². The second kappa shape index (κ2) is 9.39. The molecule has 0 saturated heterocycles. The molecule has 0 unspecified atom stereocenters. The smallest absolute Gasteiger partial charge is 0.338 e. The molecule has 1 aromatic carbocycles. The number of nitrogens with one attached hydrogen (secondary N) is 1. The average Bonchev–Trinajstić information content (AvgIpc) is 3.06. The lowest BCUT2D eigenvalue weighted by Gasteiger charge is -2.17.